The number of nitrogens with zero attached hydrogens (tertiary/aromatic N) is 2. The molecule has 0 atom stereocenters. The van der Waals surface area contributed by atoms with Crippen molar-refractivity contribution in [1.82, 2.24) is 0 Å². The van der Waals surface area contributed by atoms with Gasteiger partial charge in [-0.1, -0.05) is 206 Å². The summed E-state index contributed by atoms with van der Waals surface area (Å²) in [5.41, 5.74) is 21.0. The first-order valence-electron chi connectivity index (χ1n) is 23.2. The Kier molecular flexibility index (Phi) is 9.11. The van der Waals surface area contributed by atoms with Crippen molar-refractivity contribution in [2.45, 2.75) is 5.41 Å². The number of fused-ring (bicyclic) bond motifs is 10. The monoisotopic (exact) mass is 852 g/mol. The number of para-hydroxylation sites is 4. The minimum absolute atomic E-state index is 0.589. The lowest BCUT2D eigenvalue weighted by Crippen LogP contribution is -2.36. The third kappa shape index (κ3) is 6.11. The van der Waals surface area contributed by atoms with Crippen LogP contribution in [-0.2, 0) is 5.41 Å². The molecular weight excluding hydrogens is 809 g/mol. The maximum Gasteiger partial charge on any atom is 0.0755 e. The van der Waals surface area contributed by atoms with Gasteiger partial charge >= 0.3 is 0 Å². The Balaban J connectivity index is 1.05. The molecule has 2 aliphatic rings. The molecule has 11 aromatic rings. The fourth-order valence-corrected chi connectivity index (χ4v) is 11.2. The normalized spacial score (nSPS) is 12.9. The largest absolute Gasteiger partial charge is 0.310 e. The number of rotatable bonds is 7. The average Bonchev–Trinajstić information content (AvgIpc) is 3.69. The summed E-state index contributed by atoms with van der Waals surface area (Å²) in [4.78, 5) is 4.93. The Bertz CT molecular complexity index is 3590. The van der Waals surface area contributed by atoms with Crippen molar-refractivity contribution < 1.29 is 0 Å². The lowest BCUT2D eigenvalue weighted by atomic mass is 9.64. The van der Waals surface area contributed by atoms with Gasteiger partial charge in [-0.25, -0.2) is 0 Å². The minimum atomic E-state index is -0.589. The van der Waals surface area contributed by atoms with Gasteiger partial charge in [-0.3, -0.25) is 0 Å². The first kappa shape index (κ1) is 38.7. The van der Waals surface area contributed by atoms with Crippen molar-refractivity contribution in [1.29, 1.82) is 0 Å². The van der Waals surface area contributed by atoms with Crippen molar-refractivity contribution >= 4 is 44.9 Å². The van der Waals surface area contributed by atoms with Gasteiger partial charge in [0.2, 0.25) is 0 Å². The molecule has 11 aromatic carbocycles. The van der Waals surface area contributed by atoms with Crippen molar-refractivity contribution in [2.75, 3.05) is 9.80 Å². The summed E-state index contributed by atoms with van der Waals surface area (Å²) in [7, 11) is 0. The van der Waals surface area contributed by atoms with Gasteiger partial charge in [0.1, 0.15) is 0 Å². The second kappa shape index (κ2) is 15.8. The molecule has 0 N–H and O–H groups in total. The Morgan fingerprint density at radius 3 is 1.61 bits per heavy atom. The zero-order chi connectivity index (χ0) is 44.3. The molecule has 0 amide bonds. The number of benzene rings is 11. The molecule has 0 bridgehead atoms. The van der Waals surface area contributed by atoms with E-state index in [2.05, 4.69) is 277 Å². The molecular formula is C65H44N2. The highest BCUT2D eigenvalue weighted by Crippen LogP contribution is 2.64. The molecule has 1 aliphatic heterocycles. The van der Waals surface area contributed by atoms with Crippen LogP contribution in [0.5, 0.6) is 0 Å². The predicted molar refractivity (Wildman–Crippen MR) is 280 cm³/mol. The number of hydrogen-bond acceptors (Lipinski definition) is 2. The molecule has 1 heterocycles. The topological polar surface area (TPSA) is 6.48 Å². The van der Waals surface area contributed by atoms with Crippen LogP contribution in [0.3, 0.4) is 0 Å². The van der Waals surface area contributed by atoms with Crippen molar-refractivity contribution in [2.24, 2.45) is 0 Å². The van der Waals surface area contributed by atoms with Gasteiger partial charge in [-0.2, -0.15) is 0 Å². The van der Waals surface area contributed by atoms with Crippen LogP contribution in [-0.4, -0.2) is 0 Å². The molecule has 0 fully saturated rings. The van der Waals surface area contributed by atoms with Gasteiger partial charge in [-0.05, 0) is 133 Å². The SMILES string of the molecule is c1ccc(-c2cccc(-c3ccccc3N(c3ccc(-c4cccc5ccccc45)cc3)c3ccc4c(c3)C3(c5ccccc5-4)c4ccccc4N(c4ccccc4)c4ccccc43)c2)cc1. The molecule has 0 aromatic heterocycles. The highest BCUT2D eigenvalue weighted by atomic mass is 15.2. The van der Waals surface area contributed by atoms with E-state index in [1.807, 2.05) is 0 Å². The second-order valence-corrected chi connectivity index (χ2v) is 17.6. The lowest BCUT2D eigenvalue weighted by molar-refractivity contribution is 0.752. The minimum Gasteiger partial charge on any atom is -0.310 e. The van der Waals surface area contributed by atoms with Gasteiger partial charge in [0.25, 0.3) is 0 Å². The van der Waals surface area contributed by atoms with Crippen molar-refractivity contribution in [3.05, 3.63) is 289 Å². The van der Waals surface area contributed by atoms with E-state index in [4.69, 9.17) is 0 Å². The van der Waals surface area contributed by atoms with E-state index < -0.39 is 5.41 Å². The maximum absolute atomic E-state index is 2.50. The van der Waals surface area contributed by atoms with Gasteiger partial charge in [-0.15, -0.1) is 0 Å². The highest BCUT2D eigenvalue weighted by molar-refractivity contribution is 5.99. The van der Waals surface area contributed by atoms with Crippen molar-refractivity contribution in [3.63, 3.8) is 0 Å². The number of hydrogen-bond donors (Lipinski definition) is 0. The van der Waals surface area contributed by atoms with E-state index >= 15 is 0 Å². The Morgan fingerprint density at radius 1 is 0.299 bits per heavy atom. The fourth-order valence-electron chi connectivity index (χ4n) is 11.2. The first-order chi connectivity index (χ1) is 33.3. The molecule has 2 nitrogen and oxygen atoms in total. The summed E-state index contributed by atoms with van der Waals surface area (Å²) in [6, 6.07) is 98.2. The van der Waals surface area contributed by atoms with E-state index in [-0.39, 0.29) is 0 Å². The van der Waals surface area contributed by atoms with Gasteiger partial charge < -0.3 is 9.80 Å². The van der Waals surface area contributed by atoms with Crippen LogP contribution in [0.4, 0.5) is 34.1 Å². The quantitative estimate of drug-likeness (QED) is 0.158. The second-order valence-electron chi connectivity index (χ2n) is 17.6. The van der Waals surface area contributed by atoms with Gasteiger partial charge in [0.05, 0.1) is 22.5 Å². The lowest BCUT2D eigenvalue weighted by Gasteiger charge is -2.45. The van der Waals surface area contributed by atoms with E-state index in [9.17, 15) is 0 Å². The molecule has 0 radical (unpaired) electrons. The zero-order valence-corrected chi connectivity index (χ0v) is 36.8. The molecule has 2 heteroatoms. The zero-order valence-electron chi connectivity index (χ0n) is 36.8. The number of anilines is 6. The van der Waals surface area contributed by atoms with E-state index in [0.717, 1.165) is 33.9 Å². The Labute approximate surface area is 391 Å². The summed E-state index contributed by atoms with van der Waals surface area (Å²) >= 11 is 0. The van der Waals surface area contributed by atoms with Crippen LogP contribution in [0.2, 0.25) is 0 Å². The van der Waals surface area contributed by atoms with E-state index in [0.29, 0.717) is 0 Å². The summed E-state index contributed by atoms with van der Waals surface area (Å²) in [6.07, 6.45) is 0. The molecule has 1 aliphatic carbocycles. The predicted octanol–water partition coefficient (Wildman–Crippen LogP) is 17.5. The average molecular weight is 853 g/mol. The molecule has 67 heavy (non-hydrogen) atoms. The molecule has 314 valence electrons. The van der Waals surface area contributed by atoms with Crippen LogP contribution >= 0.6 is 0 Å². The van der Waals surface area contributed by atoms with Gasteiger partial charge in [0, 0.05) is 22.6 Å². The maximum atomic E-state index is 2.50. The summed E-state index contributed by atoms with van der Waals surface area (Å²) < 4.78 is 0. The van der Waals surface area contributed by atoms with Crippen LogP contribution in [0, 0.1) is 0 Å². The van der Waals surface area contributed by atoms with E-state index in [1.54, 1.807) is 0 Å². The standard InChI is InChI=1S/C65H44N2/c1-3-19-45(20-4-1)48-23-17-24-49(43-48)55-28-10-14-34-62(55)66(51-39-37-47(38-40-51)54-30-18-22-46-21-7-8-27-53(46)54)52-41-42-57-56-29-9-11-31-58(56)65(61(57)44-52)59-32-12-15-35-63(59)67(50-25-5-2-6-26-50)64-36-16-13-33-60(64)65/h1-44H. The third-order valence-corrected chi connectivity index (χ3v) is 14.1. The van der Waals surface area contributed by atoms with Crippen molar-refractivity contribution in [3.8, 4) is 44.5 Å². The van der Waals surface area contributed by atoms with Crippen LogP contribution in [0.25, 0.3) is 55.3 Å². The third-order valence-electron chi connectivity index (χ3n) is 14.1. The van der Waals surface area contributed by atoms with Crippen LogP contribution in [0.15, 0.2) is 267 Å². The molecule has 13 rings (SSSR count). The summed E-state index contributed by atoms with van der Waals surface area (Å²) in [5, 5.41) is 2.49. The smallest absolute Gasteiger partial charge is 0.0755 e. The Morgan fingerprint density at radius 2 is 0.836 bits per heavy atom. The van der Waals surface area contributed by atoms with Crippen LogP contribution < -0.4 is 9.80 Å². The molecule has 0 saturated carbocycles. The molecule has 1 spiro atoms. The molecule has 0 unspecified atom stereocenters. The highest BCUT2D eigenvalue weighted by Gasteiger charge is 2.51. The summed E-state index contributed by atoms with van der Waals surface area (Å²) in [5.74, 6) is 0. The Hall–Kier alpha value is -8.72. The van der Waals surface area contributed by atoms with Gasteiger partial charge in [0.15, 0.2) is 0 Å². The first-order valence-corrected chi connectivity index (χ1v) is 23.2. The fraction of sp³-hybridized carbons (Fsp3) is 0.0154. The van der Waals surface area contributed by atoms with Crippen LogP contribution in [0.1, 0.15) is 22.3 Å². The summed E-state index contributed by atoms with van der Waals surface area (Å²) in [6.45, 7) is 0. The van der Waals surface area contributed by atoms with E-state index in [1.165, 1.54) is 77.8 Å². The molecule has 0 saturated heterocycles.